The number of carboxylic acid groups (broad SMARTS) is 2. The number of nitrogens with one attached hydrogen (secondary N) is 6. The number of benzene rings is 4. The van der Waals surface area contributed by atoms with Crippen LogP contribution >= 0.6 is 23.5 Å². The van der Waals surface area contributed by atoms with E-state index in [2.05, 4.69) is 36.9 Å². The molecule has 0 aliphatic carbocycles. The molecule has 30 heteroatoms. The van der Waals surface area contributed by atoms with Gasteiger partial charge in [-0.1, -0.05) is 84.9 Å². The van der Waals surface area contributed by atoms with E-state index in [1.807, 2.05) is 60.7 Å². The second-order valence-electron chi connectivity index (χ2n) is 22.3. The second-order valence-corrected chi connectivity index (χ2v) is 24.7. The Morgan fingerprint density at radius 2 is 0.884 bits per heavy atom. The summed E-state index contributed by atoms with van der Waals surface area (Å²) in [5, 5.41) is 103. The third kappa shape index (κ3) is 22.1. The molecule has 506 valence electrons. The number of thioether (sulfide) groups is 2. The first-order valence-corrected chi connectivity index (χ1v) is 32.6. The molecule has 0 radical (unpaired) electrons. The maximum Gasteiger partial charge on any atom is 1.00 e. The van der Waals surface area contributed by atoms with Crippen molar-refractivity contribution >= 4 is 70.9 Å². The van der Waals surface area contributed by atoms with Gasteiger partial charge in [0.05, 0.1) is 55.3 Å². The number of amides is 6. The number of hydrogen-bond donors (Lipinski definition) is 14. The average Bonchev–Trinajstić information content (AvgIpc) is 0.777. The molecule has 2 aliphatic heterocycles. The molecule has 27 nitrogen and oxygen atoms in total. The molecule has 5 aromatic rings. The number of carbonyl (C=O) groups excluding carboxylic acids is 6. The fourth-order valence-corrected chi connectivity index (χ4v) is 11.9. The first-order chi connectivity index (χ1) is 45.0. The summed E-state index contributed by atoms with van der Waals surface area (Å²) in [4.78, 5) is 106. The van der Waals surface area contributed by atoms with Crippen molar-refractivity contribution < 1.29 is 128 Å². The van der Waals surface area contributed by atoms with Crippen molar-refractivity contribution in [2.45, 2.75) is 112 Å². The summed E-state index contributed by atoms with van der Waals surface area (Å²) in [6.07, 6.45) is -13.5. The normalized spacial score (nSPS) is 22.0. The number of hydrogen-bond acceptors (Lipinski definition) is 21. The maximum absolute atomic E-state index is 13.0. The van der Waals surface area contributed by atoms with Gasteiger partial charge < -0.3 is 91.7 Å². The Balaban J connectivity index is 0.0000143. The van der Waals surface area contributed by atoms with Crippen LogP contribution in [0.3, 0.4) is 0 Å². The number of carbonyl (C=O) groups is 8. The molecule has 12 atom stereocenters. The van der Waals surface area contributed by atoms with Crippen LogP contribution in [0.5, 0.6) is 0 Å². The number of carboxylic acids is 2. The Labute approximate surface area is 578 Å². The van der Waals surface area contributed by atoms with Crippen LogP contribution in [0.25, 0.3) is 22.3 Å². The number of rotatable bonds is 34. The minimum absolute atomic E-state index is 0. The second kappa shape index (κ2) is 37.6. The van der Waals surface area contributed by atoms with Crippen molar-refractivity contribution in [2.75, 3.05) is 62.4 Å². The standard InChI is InChI=1S/C65H79N7O20S2.Na/c1-38(73)71-52-48(75)33-64(62(85)86,91-56(52)54(79)50(77)36-69-58(81)44-19-15-42(16-20-44)40-11-5-3-6-12-40)89-27-9-29-93-31-25-66-60(83)46-23-24-47(68-35-46)61(84)67-26-32-94-30-10-28-90-65(63(87)88)34-49(76)53(72-39(2)74)57(92-65)55(80)51(78)37-70-59(82)45-21-17-43(18-22-45)41-13-7-4-8-14-41;/h3-8,11-24,35,48-57,75-80H,9-10,25-34,36-37H2,1-2H3,(H,66,83)(H,67,84)(H,69,81)(H,70,82)(H,71,73)(H,72,74)(H,85,86)(H,87,88);/q;+1/t48-,49-,50+,51+,52+,53+,54?,55?,56+,57+,64+,65+;/m0./s1. The summed E-state index contributed by atoms with van der Waals surface area (Å²) in [5.41, 5.74) is 4.39. The molecule has 2 saturated heterocycles. The number of aliphatic hydroxyl groups is 6. The van der Waals surface area contributed by atoms with Gasteiger partial charge in [0.2, 0.25) is 11.8 Å². The molecule has 7 rings (SSSR count). The Bertz CT molecular complexity index is 3120. The van der Waals surface area contributed by atoms with Crippen molar-refractivity contribution in [3.63, 3.8) is 0 Å². The van der Waals surface area contributed by atoms with Crippen LogP contribution in [-0.4, -0.2) is 228 Å². The molecule has 2 fully saturated rings. The molecule has 14 N–H and O–H groups in total. The Kier molecular flexibility index (Phi) is 30.5. The number of ether oxygens (including phenoxy) is 4. The minimum atomic E-state index is -2.50. The Morgan fingerprint density at radius 3 is 1.25 bits per heavy atom. The van der Waals surface area contributed by atoms with Gasteiger partial charge in [-0.15, -0.1) is 0 Å². The molecular weight excluding hydrogens is 1290 g/mol. The molecule has 0 spiro atoms. The predicted octanol–water partition coefficient (Wildman–Crippen LogP) is -1.67. The number of pyridine rings is 1. The molecule has 0 bridgehead atoms. The van der Waals surface area contributed by atoms with E-state index < -0.39 is 146 Å². The molecule has 3 heterocycles. The van der Waals surface area contributed by atoms with E-state index >= 15 is 0 Å². The predicted molar refractivity (Wildman–Crippen MR) is 344 cm³/mol. The van der Waals surface area contributed by atoms with Crippen LogP contribution in [0.4, 0.5) is 0 Å². The zero-order chi connectivity index (χ0) is 68.0. The van der Waals surface area contributed by atoms with Crippen molar-refractivity contribution in [1.82, 2.24) is 36.9 Å². The van der Waals surface area contributed by atoms with Crippen molar-refractivity contribution in [2.24, 2.45) is 0 Å². The van der Waals surface area contributed by atoms with E-state index in [-0.39, 0.29) is 91.1 Å². The van der Waals surface area contributed by atoms with Crippen LogP contribution in [-0.2, 0) is 38.1 Å². The molecule has 1 aromatic heterocycles. The number of aliphatic hydroxyl groups excluding tert-OH is 6. The maximum atomic E-state index is 13.0. The van der Waals surface area contributed by atoms with E-state index in [1.165, 1.54) is 41.9 Å². The third-order valence-corrected chi connectivity index (χ3v) is 17.4. The zero-order valence-corrected chi connectivity index (χ0v) is 56.2. The summed E-state index contributed by atoms with van der Waals surface area (Å²) < 4.78 is 23.1. The molecule has 6 amide bonds. The van der Waals surface area contributed by atoms with Gasteiger partial charge in [0.1, 0.15) is 30.1 Å². The Hall–Kier alpha value is -6.91. The summed E-state index contributed by atoms with van der Waals surface area (Å²) >= 11 is 2.81. The van der Waals surface area contributed by atoms with Gasteiger partial charge >= 0.3 is 41.5 Å². The van der Waals surface area contributed by atoms with Crippen molar-refractivity contribution in [3.05, 3.63) is 150 Å². The van der Waals surface area contributed by atoms with E-state index in [0.717, 1.165) is 36.1 Å². The van der Waals surface area contributed by atoms with Crippen LogP contribution in [0, 0.1) is 0 Å². The molecule has 4 aromatic carbocycles. The van der Waals surface area contributed by atoms with Crippen molar-refractivity contribution in [3.8, 4) is 22.3 Å². The largest absolute Gasteiger partial charge is 1.00 e. The zero-order valence-electron chi connectivity index (χ0n) is 52.5. The first-order valence-electron chi connectivity index (χ1n) is 30.3. The van der Waals surface area contributed by atoms with Gasteiger partial charge in [-0.05, 0) is 83.0 Å². The van der Waals surface area contributed by atoms with Crippen LogP contribution in [0.15, 0.2) is 128 Å². The van der Waals surface area contributed by atoms with E-state index in [0.29, 0.717) is 23.0 Å². The number of aromatic nitrogens is 1. The molecule has 95 heavy (non-hydrogen) atoms. The van der Waals surface area contributed by atoms with Crippen LogP contribution in [0.2, 0.25) is 0 Å². The van der Waals surface area contributed by atoms with E-state index in [9.17, 15) is 79.2 Å². The van der Waals surface area contributed by atoms with Crippen LogP contribution < -0.4 is 61.5 Å². The fourth-order valence-electron chi connectivity index (χ4n) is 10.4. The van der Waals surface area contributed by atoms with Crippen molar-refractivity contribution in [1.29, 1.82) is 0 Å². The van der Waals surface area contributed by atoms with Gasteiger partial charge in [0.25, 0.3) is 35.2 Å². The minimum Gasteiger partial charge on any atom is -0.477 e. The average molecular weight is 1370 g/mol. The summed E-state index contributed by atoms with van der Waals surface area (Å²) in [5.74, 6) is -9.93. The van der Waals surface area contributed by atoms with Gasteiger partial charge in [-0.2, -0.15) is 23.5 Å². The molecule has 2 unspecified atom stereocenters. The van der Waals surface area contributed by atoms with E-state index in [4.69, 9.17) is 18.9 Å². The molecule has 0 saturated carbocycles. The summed E-state index contributed by atoms with van der Waals surface area (Å²) in [6.45, 7) is 1.32. The SMILES string of the molecule is CC(=O)N[C@@H]1[C@@H](O)C[C@](OCCCSCCNC(=O)c2ccc(C(=O)NCCSCCCO[C@]3(C(=O)O)C[C@H](O)[C@@H](NC(C)=O)[C@H](C(O)[C@H](O)CNC(=O)c4ccc(-c5ccccc5)cc4)O3)nc2)(C(=O)O)O[C@H]1C(O)[C@H](O)CNC(=O)c1ccc(-c2ccccc2)cc1.[Na+]. The molecule has 2 aliphatic rings. The van der Waals surface area contributed by atoms with Gasteiger partial charge in [-0.3, -0.25) is 33.8 Å². The Morgan fingerprint density at radius 1 is 0.516 bits per heavy atom. The number of nitrogens with zero attached hydrogens (tertiary/aromatic N) is 1. The quantitative estimate of drug-likeness (QED) is 0.0162. The topological polar surface area (TPSA) is 420 Å². The van der Waals surface area contributed by atoms with Gasteiger partial charge in [0.15, 0.2) is 0 Å². The van der Waals surface area contributed by atoms with Crippen LogP contribution in [0.1, 0.15) is 81.1 Å². The number of aliphatic carboxylic acids is 2. The smallest absolute Gasteiger partial charge is 0.477 e. The van der Waals surface area contributed by atoms with E-state index in [1.54, 1.807) is 48.5 Å². The van der Waals surface area contributed by atoms with Gasteiger partial charge in [-0.25, -0.2) is 9.59 Å². The third-order valence-electron chi connectivity index (χ3n) is 15.3. The summed E-state index contributed by atoms with van der Waals surface area (Å²) in [6, 6.07) is 32.4. The first kappa shape index (κ1) is 77.1. The van der Waals surface area contributed by atoms with Gasteiger partial charge in [0, 0.05) is 81.7 Å². The fraction of sp³-hybridized carbons (Fsp3) is 0.431. The molecular formula is C65H79N7NaO20S2+. The summed E-state index contributed by atoms with van der Waals surface area (Å²) in [7, 11) is 0. The monoisotopic (exact) mass is 1360 g/mol.